The van der Waals surface area contributed by atoms with E-state index in [2.05, 4.69) is 15.3 Å². The molecule has 1 N–H and O–H groups in total. The summed E-state index contributed by atoms with van der Waals surface area (Å²) in [4.78, 5) is 36.0. The van der Waals surface area contributed by atoms with Gasteiger partial charge in [-0.15, -0.1) is 0 Å². The predicted octanol–water partition coefficient (Wildman–Crippen LogP) is 3.60. The summed E-state index contributed by atoms with van der Waals surface area (Å²) < 4.78 is 30.9. The van der Waals surface area contributed by atoms with Crippen molar-refractivity contribution in [3.63, 3.8) is 0 Å². The SMILES string of the molecule is CC(C)C[C@@H](C(=O)Nc1cnc([C@H]2COC(C)(C)O2)cn1)N1CC(Oc2ccccc2F)=CC1=O. The molecule has 35 heavy (non-hydrogen) atoms. The number of anilines is 1. The van der Waals surface area contributed by atoms with E-state index in [-0.39, 0.29) is 41.8 Å². The van der Waals surface area contributed by atoms with Gasteiger partial charge in [0.25, 0.3) is 5.91 Å². The van der Waals surface area contributed by atoms with Crippen molar-refractivity contribution in [1.82, 2.24) is 14.9 Å². The molecule has 1 fully saturated rings. The Morgan fingerprint density at radius 1 is 1.29 bits per heavy atom. The second kappa shape index (κ2) is 10.1. The van der Waals surface area contributed by atoms with Gasteiger partial charge in [0.05, 0.1) is 31.2 Å². The molecule has 3 heterocycles. The lowest BCUT2D eigenvalue weighted by molar-refractivity contribution is -0.139. The van der Waals surface area contributed by atoms with E-state index in [1.807, 2.05) is 27.7 Å². The number of benzene rings is 1. The molecule has 1 aromatic heterocycles. The van der Waals surface area contributed by atoms with E-state index in [1.54, 1.807) is 12.1 Å². The molecule has 1 aromatic carbocycles. The molecular weight excluding hydrogens is 455 g/mol. The second-order valence-electron chi connectivity index (χ2n) is 9.39. The molecular formula is C25H29FN4O5. The van der Waals surface area contributed by atoms with Gasteiger partial charge in [0.1, 0.15) is 17.9 Å². The molecule has 0 unspecified atom stereocenters. The number of amides is 2. The monoisotopic (exact) mass is 484 g/mol. The number of rotatable bonds is 8. The van der Waals surface area contributed by atoms with Gasteiger partial charge in [-0.3, -0.25) is 14.6 Å². The van der Waals surface area contributed by atoms with Crippen LogP contribution in [0.15, 0.2) is 48.5 Å². The molecule has 10 heteroatoms. The van der Waals surface area contributed by atoms with E-state index in [4.69, 9.17) is 14.2 Å². The Morgan fingerprint density at radius 3 is 2.69 bits per heavy atom. The number of carbonyl (C=O) groups is 2. The van der Waals surface area contributed by atoms with E-state index in [0.29, 0.717) is 18.7 Å². The van der Waals surface area contributed by atoms with Gasteiger partial charge >= 0.3 is 0 Å². The van der Waals surface area contributed by atoms with Crippen molar-refractivity contribution in [2.24, 2.45) is 5.92 Å². The normalized spacial score (nSPS) is 20.2. The Kier molecular flexibility index (Phi) is 7.13. The Bertz CT molecular complexity index is 1120. The zero-order valence-corrected chi connectivity index (χ0v) is 20.2. The van der Waals surface area contributed by atoms with Gasteiger partial charge in [-0.25, -0.2) is 9.37 Å². The minimum absolute atomic E-state index is 0.0219. The number of para-hydroxylation sites is 1. The van der Waals surface area contributed by atoms with Crippen LogP contribution < -0.4 is 10.1 Å². The van der Waals surface area contributed by atoms with E-state index in [9.17, 15) is 14.0 Å². The van der Waals surface area contributed by atoms with Crippen molar-refractivity contribution >= 4 is 17.6 Å². The topological polar surface area (TPSA) is 103 Å². The minimum atomic E-state index is -0.769. The summed E-state index contributed by atoms with van der Waals surface area (Å²) >= 11 is 0. The van der Waals surface area contributed by atoms with Crippen LogP contribution in [0, 0.1) is 11.7 Å². The highest BCUT2D eigenvalue weighted by molar-refractivity contribution is 5.99. The van der Waals surface area contributed by atoms with Crippen LogP contribution in [0.25, 0.3) is 0 Å². The molecule has 0 spiro atoms. The lowest BCUT2D eigenvalue weighted by atomic mass is 10.0. The van der Waals surface area contributed by atoms with Crippen molar-refractivity contribution in [2.75, 3.05) is 18.5 Å². The fourth-order valence-corrected chi connectivity index (χ4v) is 3.94. The van der Waals surface area contributed by atoms with E-state index >= 15 is 0 Å². The number of hydrogen-bond acceptors (Lipinski definition) is 7. The van der Waals surface area contributed by atoms with Crippen molar-refractivity contribution in [3.05, 3.63) is 60.0 Å². The average Bonchev–Trinajstić information content (AvgIpc) is 3.35. The van der Waals surface area contributed by atoms with Gasteiger partial charge in [-0.1, -0.05) is 26.0 Å². The highest BCUT2D eigenvalue weighted by Gasteiger charge is 2.36. The number of nitrogens with zero attached hydrogens (tertiary/aromatic N) is 3. The highest BCUT2D eigenvalue weighted by Crippen LogP contribution is 2.31. The molecule has 2 atom stereocenters. The van der Waals surface area contributed by atoms with E-state index in [1.165, 1.54) is 35.5 Å². The molecule has 0 aliphatic carbocycles. The summed E-state index contributed by atoms with van der Waals surface area (Å²) in [5.74, 6) is -1.30. The fraction of sp³-hybridized carbons (Fsp3) is 0.440. The van der Waals surface area contributed by atoms with Gasteiger partial charge in [0.2, 0.25) is 5.91 Å². The average molecular weight is 485 g/mol. The summed E-state index contributed by atoms with van der Waals surface area (Å²) in [6, 6.07) is 5.18. The van der Waals surface area contributed by atoms with E-state index < -0.39 is 23.6 Å². The summed E-state index contributed by atoms with van der Waals surface area (Å²) in [5, 5.41) is 2.75. The number of halogens is 1. The van der Waals surface area contributed by atoms with Gasteiger partial charge < -0.3 is 24.4 Å². The number of ether oxygens (including phenoxy) is 3. The second-order valence-corrected chi connectivity index (χ2v) is 9.39. The highest BCUT2D eigenvalue weighted by atomic mass is 19.1. The molecule has 1 saturated heterocycles. The third-order valence-corrected chi connectivity index (χ3v) is 5.61. The summed E-state index contributed by atoms with van der Waals surface area (Å²) in [6.07, 6.45) is 4.35. The fourth-order valence-electron chi connectivity index (χ4n) is 3.94. The summed E-state index contributed by atoms with van der Waals surface area (Å²) in [5.41, 5.74) is 0.598. The van der Waals surface area contributed by atoms with Crippen LogP contribution in [0.4, 0.5) is 10.2 Å². The number of nitrogens with one attached hydrogen (secondary N) is 1. The van der Waals surface area contributed by atoms with E-state index in [0.717, 1.165) is 0 Å². The summed E-state index contributed by atoms with van der Waals surface area (Å²) in [7, 11) is 0. The molecule has 186 valence electrons. The molecule has 2 aromatic rings. The van der Waals surface area contributed by atoms with Gasteiger partial charge in [0.15, 0.2) is 23.2 Å². The van der Waals surface area contributed by atoms with Crippen LogP contribution in [0.3, 0.4) is 0 Å². The third kappa shape index (κ3) is 6.01. The molecule has 2 aliphatic heterocycles. The number of aromatic nitrogens is 2. The van der Waals surface area contributed by atoms with Gasteiger partial charge in [-0.05, 0) is 38.3 Å². The molecule has 9 nitrogen and oxygen atoms in total. The van der Waals surface area contributed by atoms with Gasteiger partial charge in [0, 0.05) is 6.08 Å². The minimum Gasteiger partial charge on any atom is -0.457 e. The Morgan fingerprint density at radius 2 is 2.06 bits per heavy atom. The molecule has 2 amide bonds. The first kappa shape index (κ1) is 24.7. The predicted molar refractivity (Wildman–Crippen MR) is 125 cm³/mol. The van der Waals surface area contributed by atoms with Gasteiger partial charge in [-0.2, -0.15) is 0 Å². The Labute approximate surface area is 203 Å². The zero-order valence-electron chi connectivity index (χ0n) is 20.2. The molecule has 2 aliphatic rings. The molecule has 4 rings (SSSR count). The Hall–Kier alpha value is -3.37. The van der Waals surface area contributed by atoms with Crippen LogP contribution >= 0.6 is 0 Å². The largest absolute Gasteiger partial charge is 0.457 e. The van der Waals surface area contributed by atoms with Crippen molar-refractivity contribution in [2.45, 2.75) is 52.0 Å². The van der Waals surface area contributed by atoms with Crippen LogP contribution in [0.2, 0.25) is 0 Å². The zero-order chi connectivity index (χ0) is 25.2. The number of hydrogen-bond donors (Lipinski definition) is 1. The first-order valence-electron chi connectivity index (χ1n) is 11.5. The first-order chi connectivity index (χ1) is 16.6. The lowest BCUT2D eigenvalue weighted by Gasteiger charge is -2.28. The smallest absolute Gasteiger partial charge is 0.251 e. The third-order valence-electron chi connectivity index (χ3n) is 5.61. The molecule has 0 saturated carbocycles. The maximum Gasteiger partial charge on any atom is 0.251 e. The standard InChI is InChI=1S/C25H29FN4O5/c1-15(2)9-19(30-13-16(10-23(30)31)34-20-8-6-5-7-17(20)26)24(32)29-22-12-27-18(11-28-22)21-14-33-25(3,4)35-21/h5-8,10-12,15,19,21H,9,13-14H2,1-4H3,(H,28,29,32)/t19-,21+/m0/s1. The quantitative estimate of drug-likeness (QED) is 0.611. The summed E-state index contributed by atoms with van der Waals surface area (Å²) in [6.45, 7) is 7.99. The molecule has 0 bridgehead atoms. The Balaban J connectivity index is 1.42. The van der Waals surface area contributed by atoms with Crippen LogP contribution in [0.1, 0.15) is 45.9 Å². The lowest BCUT2D eigenvalue weighted by Crippen LogP contribution is -2.46. The first-order valence-corrected chi connectivity index (χ1v) is 11.5. The maximum absolute atomic E-state index is 14.0. The van der Waals surface area contributed by atoms with Crippen LogP contribution in [-0.4, -0.2) is 51.7 Å². The maximum atomic E-state index is 14.0. The number of carbonyl (C=O) groups excluding carboxylic acids is 2. The van der Waals surface area contributed by atoms with Crippen LogP contribution in [-0.2, 0) is 19.1 Å². The molecule has 0 radical (unpaired) electrons. The van der Waals surface area contributed by atoms with Crippen molar-refractivity contribution in [1.29, 1.82) is 0 Å². The van der Waals surface area contributed by atoms with Crippen molar-refractivity contribution in [3.8, 4) is 5.75 Å². The van der Waals surface area contributed by atoms with Crippen LogP contribution in [0.5, 0.6) is 5.75 Å². The van der Waals surface area contributed by atoms with Crippen molar-refractivity contribution < 1.29 is 28.2 Å².